The van der Waals surface area contributed by atoms with Gasteiger partial charge in [0, 0.05) is 5.56 Å². The SMILES string of the molecule is COC(=O)C1CCCc2cc(C)ccc2C1=O. The lowest BCUT2D eigenvalue weighted by Gasteiger charge is -2.11. The van der Waals surface area contributed by atoms with Crippen molar-refractivity contribution in [3.8, 4) is 0 Å². The highest BCUT2D eigenvalue weighted by molar-refractivity contribution is 6.09. The van der Waals surface area contributed by atoms with E-state index in [-0.39, 0.29) is 5.78 Å². The minimum atomic E-state index is -0.621. The van der Waals surface area contributed by atoms with Crippen molar-refractivity contribution in [3.05, 3.63) is 34.9 Å². The minimum absolute atomic E-state index is 0.0932. The van der Waals surface area contributed by atoms with Crippen molar-refractivity contribution < 1.29 is 14.3 Å². The van der Waals surface area contributed by atoms with E-state index in [0.717, 1.165) is 24.0 Å². The average molecular weight is 232 g/mol. The van der Waals surface area contributed by atoms with Gasteiger partial charge in [0.05, 0.1) is 7.11 Å². The van der Waals surface area contributed by atoms with Crippen molar-refractivity contribution in [2.24, 2.45) is 5.92 Å². The number of fused-ring (bicyclic) bond motifs is 1. The number of ketones is 1. The van der Waals surface area contributed by atoms with Gasteiger partial charge >= 0.3 is 5.97 Å². The lowest BCUT2D eigenvalue weighted by Crippen LogP contribution is -2.24. The highest BCUT2D eigenvalue weighted by atomic mass is 16.5. The minimum Gasteiger partial charge on any atom is -0.468 e. The van der Waals surface area contributed by atoms with Crippen molar-refractivity contribution in [3.63, 3.8) is 0 Å². The van der Waals surface area contributed by atoms with Gasteiger partial charge < -0.3 is 4.74 Å². The summed E-state index contributed by atoms with van der Waals surface area (Å²) in [5.41, 5.74) is 2.89. The van der Waals surface area contributed by atoms with E-state index in [2.05, 4.69) is 0 Å². The summed E-state index contributed by atoms with van der Waals surface area (Å²) in [6, 6.07) is 5.78. The number of methoxy groups -OCH3 is 1. The molecule has 0 heterocycles. The molecule has 1 unspecified atom stereocenters. The molecule has 2 rings (SSSR count). The molecule has 0 radical (unpaired) electrons. The molecule has 1 aliphatic rings. The lowest BCUT2D eigenvalue weighted by molar-refractivity contribution is -0.143. The quantitative estimate of drug-likeness (QED) is 0.424. The molecule has 0 saturated carbocycles. The molecule has 3 heteroatoms. The summed E-state index contributed by atoms with van der Waals surface area (Å²) >= 11 is 0. The van der Waals surface area contributed by atoms with Crippen LogP contribution < -0.4 is 0 Å². The fraction of sp³-hybridized carbons (Fsp3) is 0.429. The first kappa shape index (κ1) is 11.8. The number of esters is 1. The monoisotopic (exact) mass is 232 g/mol. The molecular formula is C14H16O3. The number of Topliss-reactive ketones (excluding diaryl/α,β-unsaturated/α-hetero) is 1. The zero-order chi connectivity index (χ0) is 12.4. The molecule has 0 aromatic heterocycles. The van der Waals surface area contributed by atoms with Crippen molar-refractivity contribution in [2.75, 3.05) is 7.11 Å². The Bertz CT molecular complexity index is 463. The van der Waals surface area contributed by atoms with Crippen LogP contribution in [0.3, 0.4) is 0 Å². The van der Waals surface area contributed by atoms with Gasteiger partial charge in [0.15, 0.2) is 5.78 Å². The van der Waals surface area contributed by atoms with E-state index < -0.39 is 11.9 Å². The topological polar surface area (TPSA) is 43.4 Å². The van der Waals surface area contributed by atoms with Crippen molar-refractivity contribution in [1.29, 1.82) is 0 Å². The van der Waals surface area contributed by atoms with E-state index in [4.69, 9.17) is 4.74 Å². The Labute approximate surface area is 101 Å². The van der Waals surface area contributed by atoms with Gasteiger partial charge in [-0.3, -0.25) is 9.59 Å². The first-order chi connectivity index (χ1) is 8.13. The first-order valence-corrected chi connectivity index (χ1v) is 5.85. The second kappa shape index (κ2) is 4.70. The summed E-state index contributed by atoms with van der Waals surface area (Å²) in [4.78, 5) is 23.8. The lowest BCUT2D eigenvalue weighted by atomic mass is 9.94. The Hall–Kier alpha value is -1.64. The number of carbonyl (C=O) groups is 2. The van der Waals surface area contributed by atoms with Gasteiger partial charge in [-0.05, 0) is 31.7 Å². The number of aryl methyl sites for hydroxylation is 2. The molecule has 1 aromatic carbocycles. The number of hydrogen-bond donors (Lipinski definition) is 0. The van der Waals surface area contributed by atoms with E-state index in [0.29, 0.717) is 12.0 Å². The highest BCUT2D eigenvalue weighted by Gasteiger charge is 2.31. The van der Waals surface area contributed by atoms with Crippen LogP contribution in [0, 0.1) is 12.8 Å². The molecular weight excluding hydrogens is 216 g/mol. The number of carbonyl (C=O) groups excluding carboxylic acids is 2. The normalized spacial score (nSPS) is 19.4. The summed E-state index contributed by atoms with van der Waals surface area (Å²) in [6.45, 7) is 2.01. The zero-order valence-corrected chi connectivity index (χ0v) is 10.2. The first-order valence-electron chi connectivity index (χ1n) is 5.85. The third kappa shape index (κ3) is 2.23. The summed E-state index contributed by atoms with van der Waals surface area (Å²) in [5.74, 6) is -1.13. The van der Waals surface area contributed by atoms with Crippen molar-refractivity contribution >= 4 is 11.8 Å². The molecule has 0 N–H and O–H groups in total. The van der Waals surface area contributed by atoms with Crippen LogP contribution in [0.15, 0.2) is 18.2 Å². The van der Waals surface area contributed by atoms with Gasteiger partial charge in [-0.1, -0.05) is 23.8 Å². The number of benzene rings is 1. The summed E-state index contributed by atoms with van der Waals surface area (Å²) in [7, 11) is 1.33. The van der Waals surface area contributed by atoms with Crippen molar-refractivity contribution in [2.45, 2.75) is 26.2 Å². The number of hydrogen-bond acceptors (Lipinski definition) is 3. The standard InChI is InChI=1S/C14H16O3/c1-9-6-7-11-10(8-9)4-3-5-12(13(11)15)14(16)17-2/h6-8,12H,3-5H2,1-2H3. The Morgan fingerprint density at radius 2 is 2.18 bits per heavy atom. The summed E-state index contributed by atoms with van der Waals surface area (Å²) < 4.78 is 4.69. The molecule has 0 fully saturated rings. The van der Waals surface area contributed by atoms with Gasteiger partial charge in [-0.2, -0.15) is 0 Å². The molecule has 1 aromatic rings. The number of rotatable bonds is 1. The second-order valence-electron chi connectivity index (χ2n) is 4.49. The smallest absolute Gasteiger partial charge is 0.316 e. The fourth-order valence-corrected chi connectivity index (χ4v) is 2.35. The van der Waals surface area contributed by atoms with Gasteiger partial charge in [-0.15, -0.1) is 0 Å². The van der Waals surface area contributed by atoms with Gasteiger partial charge in [0.1, 0.15) is 5.92 Å². The molecule has 1 aliphatic carbocycles. The Balaban J connectivity index is 2.40. The third-order valence-electron chi connectivity index (χ3n) is 3.27. The van der Waals surface area contributed by atoms with E-state index in [1.54, 1.807) is 0 Å². The highest BCUT2D eigenvalue weighted by Crippen LogP contribution is 2.26. The maximum atomic E-state index is 12.2. The predicted molar refractivity (Wildman–Crippen MR) is 64.0 cm³/mol. The molecule has 0 spiro atoms. The molecule has 90 valence electrons. The molecule has 0 amide bonds. The summed E-state index contributed by atoms with van der Waals surface area (Å²) in [6.07, 6.45) is 2.29. The molecule has 0 bridgehead atoms. The predicted octanol–water partition coefficient (Wildman–Crippen LogP) is 2.30. The van der Waals surface area contributed by atoms with E-state index in [1.807, 2.05) is 25.1 Å². The Morgan fingerprint density at radius 1 is 1.41 bits per heavy atom. The van der Waals surface area contributed by atoms with Crippen LogP contribution in [0.5, 0.6) is 0 Å². The van der Waals surface area contributed by atoms with Crippen LogP contribution in [0.4, 0.5) is 0 Å². The summed E-state index contributed by atoms with van der Waals surface area (Å²) in [5, 5.41) is 0. The second-order valence-corrected chi connectivity index (χ2v) is 4.49. The third-order valence-corrected chi connectivity index (χ3v) is 3.27. The van der Waals surface area contributed by atoms with Crippen LogP contribution in [0.25, 0.3) is 0 Å². The van der Waals surface area contributed by atoms with E-state index in [1.165, 1.54) is 7.11 Å². The van der Waals surface area contributed by atoms with Crippen LogP contribution in [-0.4, -0.2) is 18.9 Å². The van der Waals surface area contributed by atoms with E-state index in [9.17, 15) is 9.59 Å². The Kier molecular flexibility index (Phi) is 3.27. The average Bonchev–Trinajstić information content (AvgIpc) is 2.48. The van der Waals surface area contributed by atoms with Crippen LogP contribution in [0.1, 0.15) is 34.3 Å². The van der Waals surface area contributed by atoms with E-state index >= 15 is 0 Å². The zero-order valence-electron chi connectivity index (χ0n) is 10.2. The maximum absolute atomic E-state index is 12.2. The molecule has 3 nitrogen and oxygen atoms in total. The van der Waals surface area contributed by atoms with Crippen molar-refractivity contribution in [1.82, 2.24) is 0 Å². The molecule has 17 heavy (non-hydrogen) atoms. The Morgan fingerprint density at radius 3 is 2.88 bits per heavy atom. The molecule has 0 saturated heterocycles. The molecule has 1 atom stereocenters. The van der Waals surface area contributed by atoms with Crippen LogP contribution in [0.2, 0.25) is 0 Å². The largest absolute Gasteiger partial charge is 0.468 e. The fourth-order valence-electron chi connectivity index (χ4n) is 2.35. The van der Waals surface area contributed by atoms with Crippen LogP contribution >= 0.6 is 0 Å². The van der Waals surface area contributed by atoms with Crippen LogP contribution in [-0.2, 0) is 16.0 Å². The van der Waals surface area contributed by atoms with Gasteiger partial charge in [-0.25, -0.2) is 0 Å². The maximum Gasteiger partial charge on any atom is 0.316 e. The molecule has 0 aliphatic heterocycles. The number of ether oxygens (including phenoxy) is 1. The van der Waals surface area contributed by atoms with Gasteiger partial charge in [0.25, 0.3) is 0 Å². The van der Waals surface area contributed by atoms with Gasteiger partial charge in [0.2, 0.25) is 0 Å².